The lowest BCUT2D eigenvalue weighted by atomic mass is 9.75. The molecule has 170 valence electrons. The molecule has 2 fully saturated rings. The van der Waals surface area contributed by atoms with E-state index in [1.807, 2.05) is 23.9 Å². The highest BCUT2D eigenvalue weighted by molar-refractivity contribution is 8.00. The van der Waals surface area contributed by atoms with Crippen LogP contribution in [0.1, 0.15) is 35.6 Å². The van der Waals surface area contributed by atoms with Crippen LogP contribution in [0.2, 0.25) is 10.0 Å². The van der Waals surface area contributed by atoms with E-state index in [0.717, 1.165) is 14.9 Å². The standard InChI is InChI=1S/C25H22Cl2N2O2S2/c26-16-5-3-13(4-6-16)20-21-14-1-2-15(11-14)22(21)32-24-23(20)33-25(31)29(24)12-19(30)28-18-9-7-17(27)8-10-18/h3-10,14-15,20-22H,1-2,11-12H2,(H,28,30)/t14-,15-,20-,21-,22-/m1/s1. The topological polar surface area (TPSA) is 51.1 Å². The maximum absolute atomic E-state index is 13.1. The number of thioether (sulfide) groups is 1. The SMILES string of the molecule is O=C(Cn1c2c(sc1=O)[C@H](c1ccc(Cl)cc1)[C@H]1[C@@H]3CC[C@H](C3)[C@H]1S2)Nc1ccc(Cl)cc1. The van der Waals surface area contributed by atoms with Crippen molar-refractivity contribution in [3.8, 4) is 0 Å². The number of aromatic nitrogens is 1. The summed E-state index contributed by atoms with van der Waals surface area (Å²) < 4.78 is 1.68. The van der Waals surface area contributed by atoms with E-state index in [1.54, 1.807) is 28.8 Å². The van der Waals surface area contributed by atoms with Gasteiger partial charge in [-0.25, -0.2) is 0 Å². The molecule has 6 rings (SSSR count). The van der Waals surface area contributed by atoms with Crippen molar-refractivity contribution in [3.05, 3.63) is 78.7 Å². The molecule has 3 aromatic rings. The van der Waals surface area contributed by atoms with Crippen molar-refractivity contribution in [2.45, 2.75) is 42.0 Å². The maximum Gasteiger partial charge on any atom is 0.308 e. The highest BCUT2D eigenvalue weighted by Crippen LogP contribution is 2.64. The molecular formula is C25H22Cl2N2O2S2. The van der Waals surface area contributed by atoms with Gasteiger partial charge in [-0.3, -0.25) is 14.2 Å². The van der Waals surface area contributed by atoms with Gasteiger partial charge in [0, 0.05) is 31.8 Å². The lowest BCUT2D eigenvalue weighted by Gasteiger charge is -2.40. The molecule has 0 unspecified atom stereocenters. The van der Waals surface area contributed by atoms with E-state index in [1.165, 1.54) is 36.2 Å². The highest BCUT2D eigenvalue weighted by Gasteiger charge is 2.55. The minimum Gasteiger partial charge on any atom is -0.325 e. The van der Waals surface area contributed by atoms with Crippen molar-refractivity contribution in [1.82, 2.24) is 4.57 Å². The summed E-state index contributed by atoms with van der Waals surface area (Å²) >= 11 is 15.3. The molecule has 0 spiro atoms. The fourth-order valence-electron chi connectivity index (χ4n) is 6.01. The van der Waals surface area contributed by atoms with E-state index in [9.17, 15) is 9.59 Å². The normalized spacial score (nSPS) is 27.3. The Morgan fingerprint density at radius 3 is 2.39 bits per heavy atom. The number of fused-ring (bicyclic) bond motifs is 6. The summed E-state index contributed by atoms with van der Waals surface area (Å²) in [7, 11) is 0. The first-order valence-corrected chi connectivity index (χ1v) is 13.6. The Kier molecular flexibility index (Phi) is 5.60. The average Bonchev–Trinajstić information content (AvgIpc) is 3.49. The average molecular weight is 518 g/mol. The van der Waals surface area contributed by atoms with E-state index in [4.69, 9.17) is 23.2 Å². The van der Waals surface area contributed by atoms with Gasteiger partial charge in [0.1, 0.15) is 6.54 Å². The zero-order valence-corrected chi connectivity index (χ0v) is 20.8. The third-order valence-corrected chi connectivity index (χ3v) is 10.7. The minimum absolute atomic E-state index is 0.0130. The predicted octanol–water partition coefficient (Wildman–Crippen LogP) is 6.51. The summed E-state index contributed by atoms with van der Waals surface area (Å²) in [4.78, 5) is 27.0. The molecule has 2 bridgehead atoms. The van der Waals surface area contributed by atoms with E-state index < -0.39 is 0 Å². The predicted molar refractivity (Wildman–Crippen MR) is 136 cm³/mol. The lowest BCUT2D eigenvalue weighted by molar-refractivity contribution is -0.116. The number of nitrogens with one attached hydrogen (secondary N) is 1. The quantitative estimate of drug-likeness (QED) is 0.430. The van der Waals surface area contributed by atoms with E-state index in [0.29, 0.717) is 33.7 Å². The summed E-state index contributed by atoms with van der Waals surface area (Å²) in [5, 5.41) is 5.69. The molecule has 3 aliphatic rings. The van der Waals surface area contributed by atoms with Crippen molar-refractivity contribution in [1.29, 1.82) is 0 Å². The smallest absolute Gasteiger partial charge is 0.308 e. The second kappa shape index (κ2) is 8.49. The first-order chi connectivity index (χ1) is 16.0. The molecule has 1 aromatic heterocycles. The first-order valence-electron chi connectivity index (χ1n) is 11.2. The van der Waals surface area contributed by atoms with Crippen LogP contribution in [0, 0.1) is 17.8 Å². The molecule has 0 radical (unpaired) electrons. The fraction of sp³-hybridized carbons (Fsp3) is 0.360. The largest absolute Gasteiger partial charge is 0.325 e. The van der Waals surface area contributed by atoms with Gasteiger partial charge >= 0.3 is 4.87 Å². The summed E-state index contributed by atoms with van der Waals surface area (Å²) in [5.41, 5.74) is 1.89. The molecule has 1 N–H and O–H groups in total. The summed E-state index contributed by atoms with van der Waals surface area (Å²) in [6.45, 7) is 0.0130. The highest BCUT2D eigenvalue weighted by atomic mass is 35.5. The molecule has 33 heavy (non-hydrogen) atoms. The number of amides is 1. The lowest BCUT2D eigenvalue weighted by Crippen LogP contribution is -2.34. The van der Waals surface area contributed by atoms with Gasteiger partial charge < -0.3 is 5.32 Å². The molecule has 8 heteroatoms. The molecule has 4 nitrogen and oxygen atoms in total. The molecule has 2 aromatic carbocycles. The van der Waals surface area contributed by atoms with Gasteiger partial charge in [0.25, 0.3) is 0 Å². The maximum atomic E-state index is 13.1. The second-order valence-corrected chi connectivity index (χ2v) is 12.2. The number of rotatable bonds is 4. The van der Waals surface area contributed by atoms with Gasteiger partial charge in [0.05, 0.1) is 5.03 Å². The fourth-order valence-corrected chi connectivity index (χ4v) is 9.41. The Morgan fingerprint density at radius 1 is 1.00 bits per heavy atom. The molecule has 1 amide bonds. The Balaban J connectivity index is 1.36. The molecule has 1 aliphatic heterocycles. The Hall–Kier alpha value is -1.73. The van der Waals surface area contributed by atoms with Crippen molar-refractivity contribution in [2.75, 3.05) is 5.32 Å². The van der Waals surface area contributed by atoms with Crippen LogP contribution in [-0.4, -0.2) is 15.7 Å². The Morgan fingerprint density at radius 2 is 1.67 bits per heavy atom. The molecule has 5 atom stereocenters. The molecule has 2 saturated carbocycles. The number of hydrogen-bond donors (Lipinski definition) is 1. The van der Waals surface area contributed by atoms with Gasteiger partial charge in [-0.2, -0.15) is 0 Å². The van der Waals surface area contributed by atoms with Crippen molar-refractivity contribution in [2.24, 2.45) is 17.8 Å². The zero-order chi connectivity index (χ0) is 22.7. The number of carbonyl (C=O) groups excluding carboxylic acids is 1. The van der Waals surface area contributed by atoms with Gasteiger partial charge in [-0.15, -0.1) is 11.8 Å². The first kappa shape index (κ1) is 21.8. The van der Waals surface area contributed by atoms with Gasteiger partial charge in [0.15, 0.2) is 0 Å². The third-order valence-electron chi connectivity index (χ3n) is 7.35. The number of hydrogen-bond acceptors (Lipinski definition) is 4. The molecule has 2 heterocycles. The second-order valence-electron chi connectivity index (χ2n) is 9.20. The van der Waals surface area contributed by atoms with Crippen molar-refractivity contribution >= 4 is 57.9 Å². The number of benzene rings is 2. The number of anilines is 1. The van der Waals surface area contributed by atoms with Crippen molar-refractivity contribution in [3.63, 3.8) is 0 Å². The number of halogens is 2. The summed E-state index contributed by atoms with van der Waals surface area (Å²) in [6, 6.07) is 15.1. The van der Waals surface area contributed by atoms with Gasteiger partial charge in [0.2, 0.25) is 5.91 Å². The third kappa shape index (κ3) is 3.85. The van der Waals surface area contributed by atoms with E-state index in [2.05, 4.69) is 17.4 Å². The van der Waals surface area contributed by atoms with Crippen LogP contribution in [0.3, 0.4) is 0 Å². The summed E-state index contributed by atoms with van der Waals surface area (Å²) in [6.07, 6.45) is 3.83. The number of carbonyl (C=O) groups is 1. The van der Waals surface area contributed by atoms with Crippen LogP contribution in [0.5, 0.6) is 0 Å². The van der Waals surface area contributed by atoms with Crippen LogP contribution in [0.25, 0.3) is 0 Å². The molecule has 0 saturated heterocycles. The van der Waals surface area contributed by atoms with E-state index >= 15 is 0 Å². The van der Waals surface area contributed by atoms with E-state index in [-0.39, 0.29) is 23.2 Å². The van der Waals surface area contributed by atoms with Crippen LogP contribution in [-0.2, 0) is 11.3 Å². The van der Waals surface area contributed by atoms with Crippen molar-refractivity contribution < 1.29 is 4.79 Å². The van der Waals surface area contributed by atoms with Crippen LogP contribution in [0.15, 0.2) is 58.4 Å². The zero-order valence-electron chi connectivity index (χ0n) is 17.7. The Labute approximate surface area is 210 Å². The molecule has 2 aliphatic carbocycles. The van der Waals surface area contributed by atoms with Crippen LogP contribution < -0.4 is 10.2 Å². The number of nitrogens with zero attached hydrogens (tertiary/aromatic N) is 1. The monoisotopic (exact) mass is 516 g/mol. The van der Waals surface area contributed by atoms with Gasteiger partial charge in [-0.05, 0) is 79.0 Å². The van der Waals surface area contributed by atoms with Gasteiger partial charge in [-0.1, -0.05) is 46.7 Å². The number of thiazole rings is 1. The summed E-state index contributed by atoms with van der Waals surface area (Å²) in [5.74, 6) is 1.92. The molecular weight excluding hydrogens is 495 g/mol. The van der Waals surface area contributed by atoms with Crippen LogP contribution >= 0.6 is 46.3 Å². The minimum atomic E-state index is -0.210. The Bertz CT molecular complexity index is 1270. The van der Waals surface area contributed by atoms with Crippen LogP contribution in [0.4, 0.5) is 5.69 Å².